The van der Waals surface area contributed by atoms with Gasteiger partial charge < -0.3 is 29.5 Å². The number of carbonyl (C=O) groups excluding carboxylic acids is 2. The molecule has 0 spiro atoms. The molecular weight excluding hydrogens is 561 g/mol. The van der Waals surface area contributed by atoms with Crippen molar-refractivity contribution < 1.29 is 32.2 Å². The summed E-state index contributed by atoms with van der Waals surface area (Å²) in [5, 5.41) is 3.33. The highest BCUT2D eigenvalue weighted by Gasteiger charge is 2.49. The fourth-order valence-electron chi connectivity index (χ4n) is 5.65. The Labute approximate surface area is 249 Å². The van der Waals surface area contributed by atoms with Gasteiger partial charge in [0.25, 0.3) is 11.8 Å². The van der Waals surface area contributed by atoms with Gasteiger partial charge in [-0.05, 0) is 63.1 Å². The number of nitrogens with zero attached hydrogens (tertiary/aromatic N) is 3. The van der Waals surface area contributed by atoms with Gasteiger partial charge in [0.15, 0.2) is 6.10 Å². The molecule has 4 aliphatic rings. The molecule has 2 saturated heterocycles. The van der Waals surface area contributed by atoms with E-state index in [1.807, 2.05) is 25.2 Å². The Balaban J connectivity index is 1.35. The first-order chi connectivity index (χ1) is 20.5. The van der Waals surface area contributed by atoms with Gasteiger partial charge in [-0.2, -0.15) is 13.2 Å². The maximum Gasteiger partial charge on any atom is 0.416 e. The summed E-state index contributed by atoms with van der Waals surface area (Å²) in [4.78, 5) is 33.3. The number of likely N-dealkylation sites (tertiary alicyclic amines) is 1. The molecule has 1 aromatic rings. The fraction of sp³-hybridized carbons (Fsp3) is 0.438. The lowest BCUT2D eigenvalue weighted by molar-refractivity contribution is -0.160. The smallest absolute Gasteiger partial charge is 0.416 e. The zero-order valence-electron chi connectivity index (χ0n) is 24.2. The van der Waals surface area contributed by atoms with Crippen LogP contribution in [0.1, 0.15) is 32.3 Å². The van der Waals surface area contributed by atoms with Gasteiger partial charge in [-0.3, -0.25) is 9.59 Å². The van der Waals surface area contributed by atoms with E-state index in [4.69, 9.17) is 9.47 Å². The van der Waals surface area contributed by atoms with Crippen molar-refractivity contribution in [3.05, 3.63) is 88.8 Å². The van der Waals surface area contributed by atoms with Crippen LogP contribution < -0.4 is 10.1 Å². The van der Waals surface area contributed by atoms with Gasteiger partial charge in [-0.15, -0.1) is 0 Å². The number of piperazine rings is 1. The second kappa shape index (κ2) is 12.5. The van der Waals surface area contributed by atoms with Crippen LogP contribution >= 0.6 is 0 Å². The maximum atomic E-state index is 14.2. The molecule has 0 aromatic heterocycles. The van der Waals surface area contributed by atoms with Gasteiger partial charge in [0.05, 0.1) is 12.1 Å². The molecule has 1 aliphatic carbocycles. The second-order valence-electron chi connectivity index (χ2n) is 11.0. The van der Waals surface area contributed by atoms with E-state index in [9.17, 15) is 22.8 Å². The van der Waals surface area contributed by atoms with E-state index in [0.717, 1.165) is 30.1 Å². The van der Waals surface area contributed by atoms with E-state index < -0.39 is 23.4 Å². The number of piperidine rings is 1. The third-order valence-corrected chi connectivity index (χ3v) is 7.85. The number of nitrogens with one attached hydrogen (secondary N) is 1. The highest BCUT2D eigenvalue weighted by atomic mass is 19.4. The van der Waals surface area contributed by atoms with Crippen LogP contribution in [0.25, 0.3) is 0 Å². The molecule has 0 saturated carbocycles. The summed E-state index contributed by atoms with van der Waals surface area (Å²) in [7, 11) is 0. The van der Waals surface area contributed by atoms with Crippen LogP contribution in [0, 0.1) is 0 Å². The summed E-state index contributed by atoms with van der Waals surface area (Å²) in [6.45, 7) is 6.66. The number of hydrogen-bond acceptors (Lipinski definition) is 6. The van der Waals surface area contributed by atoms with Crippen molar-refractivity contribution in [3.8, 4) is 5.75 Å². The van der Waals surface area contributed by atoms with Crippen LogP contribution in [0.4, 0.5) is 13.2 Å². The van der Waals surface area contributed by atoms with E-state index >= 15 is 0 Å². The monoisotopic (exact) mass is 596 g/mol. The molecule has 11 heteroatoms. The SMILES string of the molecule is CC1=C=C=CC(OC(C)C(=O)N2CCCC(Oc3ccc(C(F)(F)F)cc3)(C(=O)N3CCN(C4=CC=CCN4)CC3)C2)=C1. The minimum absolute atomic E-state index is 0.0508. The van der Waals surface area contributed by atoms with Crippen molar-refractivity contribution in [3.63, 3.8) is 0 Å². The standard InChI is InChI=1S/C32H35F3N4O4/c1-23-7-5-8-27(21-23)42-24(2)29(40)39-16-6-14-31(22-39,43-26-12-10-25(11-13-26)32(33,34)35)30(41)38-19-17-37(18-20-38)28-9-3-4-15-36-28/h3-4,8-13,21,24,36H,6,14-20,22H2,1-2H3. The Morgan fingerprint density at radius 1 is 1.07 bits per heavy atom. The first kappa shape index (κ1) is 30.1. The summed E-state index contributed by atoms with van der Waals surface area (Å²) in [6, 6.07) is 4.32. The van der Waals surface area contributed by atoms with Crippen molar-refractivity contribution in [1.82, 2.24) is 20.0 Å². The van der Waals surface area contributed by atoms with Crippen LogP contribution in [0.3, 0.4) is 0 Å². The minimum Gasteiger partial charge on any atom is -0.480 e. The summed E-state index contributed by atoms with van der Waals surface area (Å²) >= 11 is 0. The Hall–Kier alpha value is -4.33. The summed E-state index contributed by atoms with van der Waals surface area (Å²) in [5.41, 5.74) is 4.31. The molecule has 1 aromatic carbocycles. The molecule has 2 amide bonds. The molecule has 43 heavy (non-hydrogen) atoms. The number of hydrogen-bond donors (Lipinski definition) is 1. The molecule has 0 radical (unpaired) electrons. The number of ether oxygens (including phenoxy) is 2. The largest absolute Gasteiger partial charge is 0.480 e. The molecule has 1 N–H and O–H groups in total. The number of allylic oxidation sites excluding steroid dienone is 5. The van der Waals surface area contributed by atoms with E-state index in [1.54, 1.807) is 28.9 Å². The molecular formula is C32H35F3N4O4. The van der Waals surface area contributed by atoms with Crippen molar-refractivity contribution in [2.75, 3.05) is 45.8 Å². The Morgan fingerprint density at radius 3 is 2.47 bits per heavy atom. The Bertz CT molecular complexity index is 1430. The van der Waals surface area contributed by atoms with Crippen molar-refractivity contribution in [2.24, 2.45) is 0 Å². The molecule has 5 rings (SSSR count). The average molecular weight is 597 g/mol. The lowest BCUT2D eigenvalue weighted by atomic mass is 9.90. The number of rotatable bonds is 7. The number of halogens is 3. The number of dihydropyridines is 1. The van der Waals surface area contributed by atoms with Crippen LogP contribution in [0.2, 0.25) is 0 Å². The molecule has 2 fully saturated rings. The average Bonchev–Trinajstić information content (AvgIpc) is 3.01. The molecule has 228 valence electrons. The molecule has 0 bridgehead atoms. The topological polar surface area (TPSA) is 74.3 Å². The molecule has 3 aliphatic heterocycles. The van der Waals surface area contributed by atoms with Crippen molar-refractivity contribution in [2.45, 2.75) is 44.6 Å². The van der Waals surface area contributed by atoms with Gasteiger partial charge in [-0.1, -0.05) is 23.6 Å². The Kier molecular flexibility index (Phi) is 8.76. The quantitative estimate of drug-likeness (QED) is 0.477. The van der Waals surface area contributed by atoms with Gasteiger partial charge in [0, 0.05) is 50.9 Å². The summed E-state index contributed by atoms with van der Waals surface area (Å²) in [5.74, 6) is 1.01. The maximum absolute atomic E-state index is 14.2. The highest BCUT2D eigenvalue weighted by molar-refractivity contribution is 5.88. The summed E-state index contributed by atoms with van der Waals surface area (Å²) < 4.78 is 51.8. The van der Waals surface area contributed by atoms with Crippen LogP contribution in [0.5, 0.6) is 5.75 Å². The van der Waals surface area contributed by atoms with Crippen LogP contribution in [-0.4, -0.2) is 84.0 Å². The first-order valence-corrected chi connectivity index (χ1v) is 14.4. The highest BCUT2D eigenvalue weighted by Crippen LogP contribution is 2.34. The van der Waals surface area contributed by atoms with Gasteiger partial charge in [-0.25, -0.2) is 0 Å². The number of alkyl halides is 3. The number of benzene rings is 1. The normalized spacial score (nSPS) is 22.7. The van der Waals surface area contributed by atoms with E-state index in [1.165, 1.54) is 12.1 Å². The van der Waals surface area contributed by atoms with Gasteiger partial charge in [0.2, 0.25) is 5.60 Å². The van der Waals surface area contributed by atoms with E-state index in [0.29, 0.717) is 51.3 Å². The van der Waals surface area contributed by atoms with E-state index in [-0.39, 0.29) is 24.1 Å². The predicted octanol–water partition coefficient (Wildman–Crippen LogP) is 4.15. The predicted molar refractivity (Wildman–Crippen MR) is 153 cm³/mol. The lowest BCUT2D eigenvalue weighted by Crippen LogP contribution is -2.65. The van der Waals surface area contributed by atoms with Crippen LogP contribution in [0.15, 0.2) is 83.3 Å². The van der Waals surface area contributed by atoms with E-state index in [2.05, 4.69) is 21.7 Å². The van der Waals surface area contributed by atoms with Gasteiger partial charge >= 0.3 is 6.18 Å². The molecule has 8 nitrogen and oxygen atoms in total. The second-order valence-corrected chi connectivity index (χ2v) is 11.0. The van der Waals surface area contributed by atoms with Crippen LogP contribution in [-0.2, 0) is 20.5 Å². The van der Waals surface area contributed by atoms with Crippen molar-refractivity contribution in [1.29, 1.82) is 0 Å². The third-order valence-electron chi connectivity index (χ3n) is 7.85. The lowest BCUT2D eigenvalue weighted by Gasteiger charge is -2.46. The molecule has 2 atom stereocenters. The zero-order chi connectivity index (χ0) is 30.6. The third kappa shape index (κ3) is 7.01. The summed E-state index contributed by atoms with van der Waals surface area (Å²) in [6.07, 6.45) is 4.80. The molecule has 2 unspecified atom stereocenters. The van der Waals surface area contributed by atoms with Gasteiger partial charge in [0.1, 0.15) is 17.3 Å². The van der Waals surface area contributed by atoms with Crippen molar-refractivity contribution >= 4 is 11.8 Å². The fourth-order valence-corrected chi connectivity index (χ4v) is 5.65. The minimum atomic E-state index is -4.50. The number of amides is 2. The zero-order valence-corrected chi connectivity index (χ0v) is 24.2. The number of carbonyl (C=O) groups is 2. The molecule has 3 heterocycles. The Morgan fingerprint density at radius 2 is 1.81 bits per heavy atom. The first-order valence-electron chi connectivity index (χ1n) is 14.4.